The van der Waals surface area contributed by atoms with E-state index in [1.165, 1.54) is 25.7 Å². The predicted octanol–water partition coefficient (Wildman–Crippen LogP) is 3.99. The van der Waals surface area contributed by atoms with Gasteiger partial charge in [0.05, 0.1) is 0 Å². The minimum Gasteiger partial charge on any atom is -0.356 e. The largest absolute Gasteiger partial charge is 0.356 e. The third-order valence-corrected chi connectivity index (χ3v) is 4.85. The van der Waals surface area contributed by atoms with E-state index in [1.54, 1.807) is 11.3 Å². The molecule has 0 unspecified atom stereocenters. The van der Waals surface area contributed by atoms with Gasteiger partial charge in [0.15, 0.2) is 5.96 Å². The van der Waals surface area contributed by atoms with E-state index in [4.69, 9.17) is 0 Å². The second kappa shape index (κ2) is 14.9. The molecule has 21 heavy (non-hydrogen) atoms. The fraction of sp³-hybridized carbons (Fsp3) is 0.714. The van der Waals surface area contributed by atoms with Crippen LogP contribution in [0.5, 0.6) is 0 Å². The van der Waals surface area contributed by atoms with E-state index < -0.39 is 0 Å². The van der Waals surface area contributed by atoms with Crippen molar-refractivity contribution in [3.8, 4) is 0 Å². The van der Waals surface area contributed by atoms with Crippen molar-refractivity contribution in [1.29, 1.82) is 0 Å². The normalized spacial score (nSPS) is 11.0. The number of thioether (sulfide) groups is 1. The number of unbranched alkanes of at least 4 members (excludes halogenated alkanes) is 3. The van der Waals surface area contributed by atoms with Gasteiger partial charge in [-0.05, 0) is 12.8 Å². The minimum absolute atomic E-state index is 0. The Bertz CT molecular complexity index is 358. The highest BCUT2D eigenvalue weighted by atomic mass is 127. The maximum atomic E-state index is 4.26. The van der Waals surface area contributed by atoms with Crippen molar-refractivity contribution in [3.05, 3.63) is 11.6 Å². The van der Waals surface area contributed by atoms with Crippen LogP contribution in [-0.4, -0.2) is 36.8 Å². The molecule has 7 heteroatoms. The smallest absolute Gasteiger partial charge is 0.190 e. The lowest BCUT2D eigenvalue weighted by molar-refractivity contribution is 0.646. The van der Waals surface area contributed by atoms with Gasteiger partial charge in [0, 0.05) is 37.5 Å². The van der Waals surface area contributed by atoms with Crippen molar-refractivity contribution < 1.29 is 0 Å². The number of guanidine groups is 1. The molecule has 4 nitrogen and oxygen atoms in total. The Morgan fingerprint density at radius 1 is 1.24 bits per heavy atom. The first-order chi connectivity index (χ1) is 9.86. The standard InChI is InChI=1S/C14H26N4S2.HI/c1-3-4-5-6-8-16-13(15-2)17-9-7-11-19-14-18-10-12-20-14;/h10,12H,3-9,11H2,1-2H3,(H2,15,16,17);1H. The van der Waals surface area contributed by atoms with E-state index in [9.17, 15) is 0 Å². The summed E-state index contributed by atoms with van der Waals surface area (Å²) in [6.45, 7) is 4.19. The van der Waals surface area contributed by atoms with E-state index in [1.807, 2.05) is 30.4 Å². The molecular formula is C14H27IN4S2. The van der Waals surface area contributed by atoms with E-state index in [0.29, 0.717) is 0 Å². The molecule has 122 valence electrons. The first-order valence-electron chi connectivity index (χ1n) is 7.33. The molecule has 1 aromatic rings. The first-order valence-corrected chi connectivity index (χ1v) is 9.20. The molecule has 0 saturated carbocycles. The zero-order valence-electron chi connectivity index (χ0n) is 12.9. The van der Waals surface area contributed by atoms with Crippen LogP contribution >= 0.6 is 47.1 Å². The van der Waals surface area contributed by atoms with E-state index in [0.717, 1.165) is 35.6 Å². The molecule has 0 aromatic carbocycles. The Kier molecular flexibility index (Phi) is 14.9. The van der Waals surface area contributed by atoms with Crippen LogP contribution < -0.4 is 10.6 Å². The topological polar surface area (TPSA) is 49.3 Å². The number of aromatic nitrogens is 1. The zero-order chi connectivity index (χ0) is 14.5. The Hall–Kier alpha value is -0.0200. The minimum atomic E-state index is 0. The molecule has 0 aliphatic rings. The van der Waals surface area contributed by atoms with Gasteiger partial charge in [-0.3, -0.25) is 4.99 Å². The SMILES string of the molecule is CCCCCCNC(=NC)NCCCSc1nccs1.I. The maximum Gasteiger partial charge on any atom is 0.190 e. The number of rotatable bonds is 10. The molecule has 0 aliphatic carbocycles. The maximum absolute atomic E-state index is 4.26. The number of halogens is 1. The summed E-state index contributed by atoms with van der Waals surface area (Å²) in [5, 5.41) is 8.72. The highest BCUT2D eigenvalue weighted by Crippen LogP contribution is 2.20. The molecule has 0 amide bonds. The summed E-state index contributed by atoms with van der Waals surface area (Å²) in [7, 11) is 1.83. The number of aliphatic imine (C=N–C) groups is 1. The molecule has 0 aliphatic heterocycles. The molecule has 0 radical (unpaired) electrons. The van der Waals surface area contributed by atoms with Crippen LogP contribution in [0.2, 0.25) is 0 Å². The third-order valence-electron chi connectivity index (χ3n) is 2.80. The van der Waals surface area contributed by atoms with Gasteiger partial charge >= 0.3 is 0 Å². The summed E-state index contributed by atoms with van der Waals surface area (Å²) in [6, 6.07) is 0. The van der Waals surface area contributed by atoms with Gasteiger partial charge < -0.3 is 10.6 Å². The monoisotopic (exact) mass is 442 g/mol. The summed E-state index contributed by atoms with van der Waals surface area (Å²) >= 11 is 3.53. The third kappa shape index (κ3) is 11.2. The van der Waals surface area contributed by atoms with Crippen molar-refractivity contribution in [2.45, 2.75) is 43.4 Å². The highest BCUT2D eigenvalue weighted by molar-refractivity contribution is 14.0. The second-order valence-corrected chi connectivity index (χ2v) is 6.72. The van der Waals surface area contributed by atoms with Crippen molar-refractivity contribution in [3.63, 3.8) is 0 Å². The van der Waals surface area contributed by atoms with Crippen LogP contribution in [0.3, 0.4) is 0 Å². The van der Waals surface area contributed by atoms with Gasteiger partial charge in [0.25, 0.3) is 0 Å². The van der Waals surface area contributed by atoms with Crippen LogP contribution in [0.25, 0.3) is 0 Å². The Morgan fingerprint density at radius 3 is 2.62 bits per heavy atom. The van der Waals surface area contributed by atoms with Crippen molar-refractivity contribution in [2.75, 3.05) is 25.9 Å². The highest BCUT2D eigenvalue weighted by Gasteiger charge is 1.98. The van der Waals surface area contributed by atoms with Gasteiger partial charge in [-0.2, -0.15) is 0 Å². The van der Waals surface area contributed by atoms with Gasteiger partial charge in [-0.1, -0.05) is 37.9 Å². The number of nitrogens with zero attached hydrogens (tertiary/aromatic N) is 2. The lowest BCUT2D eigenvalue weighted by Gasteiger charge is -2.11. The molecule has 0 saturated heterocycles. The van der Waals surface area contributed by atoms with Crippen molar-refractivity contribution >= 4 is 53.0 Å². The van der Waals surface area contributed by atoms with Crippen molar-refractivity contribution in [2.24, 2.45) is 4.99 Å². The number of hydrogen-bond acceptors (Lipinski definition) is 4. The summed E-state index contributed by atoms with van der Waals surface area (Å²) in [5.74, 6) is 2.01. The fourth-order valence-electron chi connectivity index (χ4n) is 1.70. The average Bonchev–Trinajstić information content (AvgIpc) is 2.97. The quantitative estimate of drug-likeness (QED) is 0.189. The molecule has 0 fully saturated rings. The molecule has 1 heterocycles. The molecule has 0 spiro atoms. The van der Waals surface area contributed by atoms with Crippen LogP contribution in [0.4, 0.5) is 0 Å². The molecule has 2 N–H and O–H groups in total. The second-order valence-electron chi connectivity index (χ2n) is 4.49. The molecule has 1 aromatic heterocycles. The number of hydrogen-bond donors (Lipinski definition) is 2. The van der Waals surface area contributed by atoms with Gasteiger partial charge in [-0.25, -0.2) is 4.98 Å². The van der Waals surface area contributed by atoms with Gasteiger partial charge in [-0.15, -0.1) is 35.3 Å². The van der Waals surface area contributed by atoms with E-state index >= 15 is 0 Å². The Balaban J connectivity index is 0.00000400. The molecule has 1 rings (SSSR count). The fourth-order valence-corrected chi connectivity index (χ4v) is 3.35. The van der Waals surface area contributed by atoms with Crippen molar-refractivity contribution in [1.82, 2.24) is 15.6 Å². The summed E-state index contributed by atoms with van der Waals surface area (Å²) < 4.78 is 1.16. The predicted molar refractivity (Wildman–Crippen MR) is 106 cm³/mol. The number of nitrogens with one attached hydrogen (secondary N) is 2. The summed E-state index contributed by atoms with van der Waals surface area (Å²) in [5.41, 5.74) is 0. The lowest BCUT2D eigenvalue weighted by Crippen LogP contribution is -2.38. The van der Waals surface area contributed by atoms with Crippen LogP contribution in [-0.2, 0) is 0 Å². The van der Waals surface area contributed by atoms with Crippen LogP contribution in [0.1, 0.15) is 39.0 Å². The van der Waals surface area contributed by atoms with E-state index in [2.05, 4.69) is 27.5 Å². The molecule has 0 atom stereocenters. The first kappa shape index (κ1) is 21.0. The van der Waals surface area contributed by atoms with Gasteiger partial charge in [0.1, 0.15) is 4.34 Å². The molecular weight excluding hydrogens is 415 g/mol. The molecule has 0 bridgehead atoms. The van der Waals surface area contributed by atoms with Crippen LogP contribution in [0, 0.1) is 0 Å². The lowest BCUT2D eigenvalue weighted by atomic mass is 10.2. The van der Waals surface area contributed by atoms with Crippen LogP contribution in [0.15, 0.2) is 20.9 Å². The summed E-state index contributed by atoms with van der Waals surface area (Å²) in [4.78, 5) is 8.49. The Morgan fingerprint density at radius 2 is 2.00 bits per heavy atom. The number of thiazole rings is 1. The van der Waals surface area contributed by atoms with E-state index in [-0.39, 0.29) is 24.0 Å². The van der Waals surface area contributed by atoms with Gasteiger partial charge in [0.2, 0.25) is 0 Å². The Labute approximate surface area is 154 Å². The summed E-state index contributed by atoms with van der Waals surface area (Å²) in [6.07, 6.45) is 8.08. The average molecular weight is 442 g/mol. The zero-order valence-corrected chi connectivity index (χ0v) is 16.9.